The fourth-order valence-corrected chi connectivity index (χ4v) is 3.55. The van der Waals surface area contributed by atoms with Crippen molar-refractivity contribution in [3.63, 3.8) is 0 Å². The highest BCUT2D eigenvalue weighted by Crippen LogP contribution is 2.38. The van der Waals surface area contributed by atoms with Gasteiger partial charge in [-0.15, -0.1) is 12.4 Å². The van der Waals surface area contributed by atoms with E-state index in [1.807, 2.05) is 12.1 Å². The topological polar surface area (TPSA) is 36.4 Å². The van der Waals surface area contributed by atoms with Crippen molar-refractivity contribution in [3.8, 4) is 16.9 Å². The van der Waals surface area contributed by atoms with E-state index < -0.39 is 11.9 Å². The van der Waals surface area contributed by atoms with E-state index in [2.05, 4.69) is 30.7 Å². The summed E-state index contributed by atoms with van der Waals surface area (Å²) in [6, 6.07) is 6.22. The van der Waals surface area contributed by atoms with Crippen molar-refractivity contribution >= 4 is 12.4 Å². The third kappa shape index (κ3) is 5.64. The van der Waals surface area contributed by atoms with Crippen molar-refractivity contribution in [2.45, 2.75) is 58.2 Å². The number of rotatable bonds is 3. The number of aromatic nitrogens is 1. The van der Waals surface area contributed by atoms with Crippen molar-refractivity contribution in [3.05, 3.63) is 47.3 Å². The van der Waals surface area contributed by atoms with E-state index in [1.54, 1.807) is 0 Å². The zero-order valence-electron chi connectivity index (χ0n) is 17.0. The van der Waals surface area contributed by atoms with Crippen molar-refractivity contribution in [2.24, 2.45) is 0 Å². The second kappa shape index (κ2) is 8.92. The summed E-state index contributed by atoms with van der Waals surface area (Å²) in [4.78, 5) is 5.88. The zero-order valence-corrected chi connectivity index (χ0v) is 17.8. The predicted octanol–water partition coefficient (Wildman–Crippen LogP) is 6.18. The first-order chi connectivity index (χ1) is 13.1. The number of phenols is 1. The van der Waals surface area contributed by atoms with Gasteiger partial charge in [0.2, 0.25) is 0 Å². The third-order valence-corrected chi connectivity index (χ3v) is 5.26. The molecule has 3 rings (SSSR count). The normalized spacial score (nSPS) is 15.8. The van der Waals surface area contributed by atoms with Crippen molar-refractivity contribution in [2.75, 3.05) is 13.1 Å². The molecule has 3 nitrogen and oxygen atoms in total. The van der Waals surface area contributed by atoms with Gasteiger partial charge < -0.3 is 5.11 Å². The number of nitrogens with zero attached hydrogens (tertiary/aromatic N) is 2. The molecule has 0 amide bonds. The van der Waals surface area contributed by atoms with Gasteiger partial charge in [0.15, 0.2) is 0 Å². The van der Waals surface area contributed by atoms with Crippen LogP contribution in [0.3, 0.4) is 0 Å². The summed E-state index contributed by atoms with van der Waals surface area (Å²) in [7, 11) is 0. The van der Waals surface area contributed by atoms with Gasteiger partial charge in [-0.3, -0.25) is 9.88 Å². The summed E-state index contributed by atoms with van der Waals surface area (Å²) in [5.41, 5.74) is 1.77. The summed E-state index contributed by atoms with van der Waals surface area (Å²) in [6.07, 6.45) is 0.236. The summed E-state index contributed by atoms with van der Waals surface area (Å²) in [5.74, 6) is 0.125. The highest BCUT2D eigenvalue weighted by atomic mass is 35.5. The average Bonchev–Trinajstić information content (AvgIpc) is 2.63. The first kappa shape index (κ1) is 23.5. The fraction of sp³-hybridized carbons (Fsp3) is 0.500. The number of piperidine rings is 1. The summed E-state index contributed by atoms with van der Waals surface area (Å²) < 4.78 is 38.5. The first-order valence-corrected chi connectivity index (χ1v) is 9.68. The Hall–Kier alpha value is -1.79. The molecular weight excluding hydrogens is 401 g/mol. The number of benzene rings is 1. The number of pyridine rings is 1. The van der Waals surface area contributed by atoms with E-state index in [0.29, 0.717) is 17.7 Å². The molecule has 2 aromatic rings. The van der Waals surface area contributed by atoms with E-state index in [0.717, 1.165) is 43.1 Å². The SMILES string of the molecule is CC(C)(C)c1cc(CN2CCCCC2)c(O)c(-c2ccc(C(F)(F)F)nc2)c1.Cl. The Morgan fingerprint density at radius 1 is 1.03 bits per heavy atom. The van der Waals surface area contributed by atoms with Crippen molar-refractivity contribution in [1.82, 2.24) is 9.88 Å². The number of alkyl halides is 3. The van der Waals surface area contributed by atoms with E-state index >= 15 is 0 Å². The van der Waals surface area contributed by atoms with Gasteiger partial charge in [-0.05, 0) is 49.0 Å². The van der Waals surface area contributed by atoms with Crippen LogP contribution in [-0.2, 0) is 18.1 Å². The molecule has 1 N–H and O–H groups in total. The lowest BCUT2D eigenvalue weighted by molar-refractivity contribution is -0.141. The van der Waals surface area contributed by atoms with E-state index in [-0.39, 0.29) is 23.6 Å². The Kier molecular flexibility index (Phi) is 7.23. The van der Waals surface area contributed by atoms with E-state index in [1.165, 1.54) is 18.7 Å². The minimum Gasteiger partial charge on any atom is -0.507 e. The Morgan fingerprint density at radius 3 is 2.21 bits per heavy atom. The van der Waals surface area contributed by atoms with Crippen LogP contribution in [0.15, 0.2) is 30.5 Å². The highest BCUT2D eigenvalue weighted by Gasteiger charge is 2.32. The largest absolute Gasteiger partial charge is 0.507 e. The van der Waals surface area contributed by atoms with Crippen LogP contribution >= 0.6 is 12.4 Å². The fourth-order valence-electron chi connectivity index (χ4n) is 3.55. The number of halogens is 4. The molecule has 0 unspecified atom stereocenters. The summed E-state index contributed by atoms with van der Waals surface area (Å²) in [5, 5.41) is 10.9. The molecule has 0 bridgehead atoms. The maximum absolute atomic E-state index is 12.8. The van der Waals surface area contributed by atoms with Gasteiger partial charge in [0.25, 0.3) is 0 Å². The lowest BCUT2D eigenvalue weighted by Crippen LogP contribution is -2.29. The van der Waals surface area contributed by atoms with Gasteiger partial charge in [-0.2, -0.15) is 13.2 Å². The average molecular weight is 429 g/mol. The van der Waals surface area contributed by atoms with Gasteiger partial charge in [0, 0.05) is 29.4 Å². The predicted molar refractivity (Wildman–Crippen MR) is 111 cm³/mol. The van der Waals surface area contributed by atoms with Crippen LogP contribution in [0.1, 0.15) is 56.9 Å². The quantitative estimate of drug-likeness (QED) is 0.634. The molecule has 1 aromatic carbocycles. The Morgan fingerprint density at radius 2 is 1.69 bits per heavy atom. The Bertz CT molecular complexity index is 824. The first-order valence-electron chi connectivity index (χ1n) is 9.68. The van der Waals surface area contributed by atoms with Crippen LogP contribution < -0.4 is 0 Å². The molecule has 1 aromatic heterocycles. The van der Waals surface area contributed by atoms with Crippen molar-refractivity contribution < 1.29 is 18.3 Å². The lowest BCUT2D eigenvalue weighted by atomic mass is 9.83. The number of hydrogen-bond acceptors (Lipinski definition) is 3. The maximum atomic E-state index is 12.8. The molecular formula is C22H28ClF3N2O. The number of aromatic hydroxyl groups is 1. The molecule has 0 spiro atoms. The molecule has 7 heteroatoms. The highest BCUT2D eigenvalue weighted by molar-refractivity contribution is 5.85. The molecule has 160 valence electrons. The molecule has 1 saturated heterocycles. The van der Waals surface area contributed by atoms with Gasteiger partial charge >= 0.3 is 6.18 Å². The van der Waals surface area contributed by atoms with Crippen LogP contribution in [0, 0.1) is 0 Å². The molecule has 1 fully saturated rings. The molecule has 0 aliphatic carbocycles. The maximum Gasteiger partial charge on any atom is 0.433 e. The second-order valence-corrected chi connectivity index (χ2v) is 8.55. The van der Waals surface area contributed by atoms with Gasteiger partial charge in [0.05, 0.1) is 0 Å². The Balaban J connectivity index is 0.00000300. The van der Waals surface area contributed by atoms with E-state index in [4.69, 9.17) is 0 Å². The smallest absolute Gasteiger partial charge is 0.433 e. The van der Waals surface area contributed by atoms with Crippen LogP contribution in [0.25, 0.3) is 11.1 Å². The molecule has 0 atom stereocenters. The van der Waals surface area contributed by atoms with Crippen LogP contribution in [0.5, 0.6) is 5.75 Å². The van der Waals surface area contributed by atoms with Gasteiger partial charge in [-0.1, -0.05) is 39.3 Å². The van der Waals surface area contributed by atoms with Gasteiger partial charge in [-0.25, -0.2) is 0 Å². The minimum absolute atomic E-state index is 0. The number of hydrogen-bond donors (Lipinski definition) is 1. The lowest BCUT2D eigenvalue weighted by Gasteiger charge is -2.28. The molecule has 1 aliphatic rings. The summed E-state index contributed by atoms with van der Waals surface area (Å²) >= 11 is 0. The van der Waals surface area contributed by atoms with Crippen LogP contribution in [0.2, 0.25) is 0 Å². The van der Waals surface area contributed by atoms with Crippen LogP contribution in [0.4, 0.5) is 13.2 Å². The monoisotopic (exact) mass is 428 g/mol. The number of likely N-dealkylation sites (tertiary alicyclic amines) is 1. The second-order valence-electron chi connectivity index (χ2n) is 8.55. The zero-order chi connectivity index (χ0) is 20.5. The molecule has 0 saturated carbocycles. The molecule has 29 heavy (non-hydrogen) atoms. The minimum atomic E-state index is -4.48. The third-order valence-electron chi connectivity index (χ3n) is 5.26. The molecule has 2 heterocycles. The van der Waals surface area contributed by atoms with Gasteiger partial charge in [0.1, 0.15) is 11.4 Å². The molecule has 0 radical (unpaired) electrons. The number of phenolic OH excluding ortho intramolecular Hbond substituents is 1. The molecule has 1 aliphatic heterocycles. The van der Waals surface area contributed by atoms with Crippen LogP contribution in [-0.4, -0.2) is 28.1 Å². The standard InChI is InChI=1S/C22H27F3N2O.ClH/c1-21(2,3)17-11-16(14-27-9-5-4-6-10-27)20(28)18(12-17)15-7-8-19(26-13-15)22(23,24)25;/h7-8,11-13,28H,4-6,9-10,14H2,1-3H3;1H. The Labute approximate surface area is 176 Å². The van der Waals surface area contributed by atoms with E-state index in [9.17, 15) is 18.3 Å². The summed E-state index contributed by atoms with van der Waals surface area (Å²) in [6.45, 7) is 8.88. The van der Waals surface area contributed by atoms with Crippen molar-refractivity contribution in [1.29, 1.82) is 0 Å².